The average molecular weight is 319 g/mol. The van der Waals surface area contributed by atoms with Crippen LogP contribution in [0.25, 0.3) is 0 Å². The van der Waals surface area contributed by atoms with Gasteiger partial charge in [0.25, 0.3) is 0 Å². The van der Waals surface area contributed by atoms with E-state index < -0.39 is 43.5 Å². The Morgan fingerprint density at radius 2 is 2.19 bits per heavy atom. The normalized spacial score (nSPS) is 22.4. The third-order valence-electron chi connectivity index (χ3n) is 3.19. The average Bonchev–Trinajstić information content (AvgIpc) is 2.84. The number of methoxy groups -OCH3 is 1. The van der Waals surface area contributed by atoms with Crippen LogP contribution in [0.3, 0.4) is 0 Å². The number of para-hydroxylation sites is 1. The summed E-state index contributed by atoms with van der Waals surface area (Å²) < 4.78 is 45.5. The smallest absolute Gasteiger partial charge is 0.324 e. The summed E-state index contributed by atoms with van der Waals surface area (Å²) in [6.45, 7) is 0.774. The van der Waals surface area contributed by atoms with Gasteiger partial charge in [0.05, 0.1) is 17.1 Å². The SMILES string of the molecule is CO[C@H]1CNCC1NS(=O)(=O)c1cccc(F)c1[N+](=O)[O-]. The van der Waals surface area contributed by atoms with Gasteiger partial charge in [0.15, 0.2) is 4.90 Å². The molecule has 2 rings (SSSR count). The molecular weight excluding hydrogens is 305 g/mol. The Hall–Kier alpha value is -1.62. The van der Waals surface area contributed by atoms with Crippen molar-refractivity contribution in [3.05, 3.63) is 34.1 Å². The van der Waals surface area contributed by atoms with Crippen LogP contribution >= 0.6 is 0 Å². The van der Waals surface area contributed by atoms with Crippen LogP contribution in [0, 0.1) is 15.9 Å². The van der Waals surface area contributed by atoms with Gasteiger partial charge in [-0.05, 0) is 12.1 Å². The highest BCUT2D eigenvalue weighted by molar-refractivity contribution is 7.89. The number of hydrogen-bond acceptors (Lipinski definition) is 6. The zero-order valence-corrected chi connectivity index (χ0v) is 11.9. The molecular formula is C11H14FN3O5S. The molecule has 10 heteroatoms. The van der Waals surface area contributed by atoms with Crippen molar-refractivity contribution >= 4 is 15.7 Å². The molecule has 1 aromatic rings. The molecule has 116 valence electrons. The molecule has 1 aliphatic heterocycles. The van der Waals surface area contributed by atoms with Gasteiger partial charge in [0, 0.05) is 20.2 Å². The van der Waals surface area contributed by atoms with Gasteiger partial charge < -0.3 is 10.1 Å². The lowest BCUT2D eigenvalue weighted by molar-refractivity contribution is -0.390. The van der Waals surface area contributed by atoms with Crippen molar-refractivity contribution in [2.75, 3.05) is 20.2 Å². The maximum absolute atomic E-state index is 13.5. The van der Waals surface area contributed by atoms with Crippen molar-refractivity contribution in [1.82, 2.24) is 10.0 Å². The molecule has 0 radical (unpaired) electrons. The third kappa shape index (κ3) is 3.18. The number of hydrogen-bond donors (Lipinski definition) is 2. The number of nitrogens with zero attached hydrogens (tertiary/aromatic N) is 1. The molecule has 21 heavy (non-hydrogen) atoms. The second-order valence-corrected chi connectivity index (χ2v) is 6.19. The van der Waals surface area contributed by atoms with Crippen LogP contribution in [-0.4, -0.2) is 45.7 Å². The molecule has 1 heterocycles. The van der Waals surface area contributed by atoms with Crippen LogP contribution in [0.15, 0.2) is 23.1 Å². The zero-order valence-electron chi connectivity index (χ0n) is 11.1. The van der Waals surface area contributed by atoms with Gasteiger partial charge >= 0.3 is 5.69 Å². The molecule has 0 aliphatic carbocycles. The van der Waals surface area contributed by atoms with Crippen molar-refractivity contribution in [1.29, 1.82) is 0 Å². The van der Waals surface area contributed by atoms with Gasteiger partial charge in [0.2, 0.25) is 15.8 Å². The number of nitro groups is 1. The first-order chi connectivity index (χ1) is 9.86. The maximum Gasteiger partial charge on any atom is 0.324 e. The Bertz CT molecular complexity index is 651. The molecule has 1 fully saturated rings. The molecule has 1 saturated heterocycles. The van der Waals surface area contributed by atoms with E-state index >= 15 is 0 Å². The predicted molar refractivity (Wildman–Crippen MR) is 70.8 cm³/mol. The van der Waals surface area contributed by atoms with Crippen molar-refractivity contribution < 1.29 is 22.5 Å². The molecule has 0 aromatic heterocycles. The monoisotopic (exact) mass is 319 g/mol. The molecule has 1 aromatic carbocycles. The van der Waals surface area contributed by atoms with Crippen LogP contribution in [0.1, 0.15) is 0 Å². The second kappa shape index (κ2) is 6.02. The van der Waals surface area contributed by atoms with E-state index in [0.717, 1.165) is 18.2 Å². The number of nitro benzene ring substituents is 1. The molecule has 8 nitrogen and oxygen atoms in total. The second-order valence-electron chi connectivity index (χ2n) is 4.50. The summed E-state index contributed by atoms with van der Waals surface area (Å²) in [6, 6.07) is 2.36. The van der Waals surface area contributed by atoms with E-state index in [-0.39, 0.29) is 0 Å². The fourth-order valence-electron chi connectivity index (χ4n) is 2.17. The summed E-state index contributed by atoms with van der Waals surface area (Å²) in [5.74, 6) is -1.20. The summed E-state index contributed by atoms with van der Waals surface area (Å²) in [4.78, 5) is 9.13. The number of nitrogens with one attached hydrogen (secondary N) is 2. The van der Waals surface area contributed by atoms with E-state index in [4.69, 9.17) is 4.74 Å². The highest BCUT2D eigenvalue weighted by Gasteiger charge is 2.35. The first-order valence-electron chi connectivity index (χ1n) is 6.05. The van der Waals surface area contributed by atoms with E-state index in [9.17, 15) is 22.9 Å². The lowest BCUT2D eigenvalue weighted by Gasteiger charge is -2.18. The largest absolute Gasteiger partial charge is 0.378 e. The molecule has 0 bridgehead atoms. The predicted octanol–water partition coefficient (Wildman–Crippen LogP) is -0.001000. The maximum atomic E-state index is 13.5. The standard InChI is InChI=1S/C11H14FN3O5S/c1-20-9-6-13-5-8(9)14-21(18,19)10-4-2-3-7(12)11(10)15(16)17/h2-4,8-9,13-14H,5-6H2,1H3/t8?,9-/m0/s1. The van der Waals surface area contributed by atoms with E-state index in [0.29, 0.717) is 13.1 Å². The van der Waals surface area contributed by atoms with Crippen LogP contribution in [0.4, 0.5) is 10.1 Å². The quantitative estimate of drug-likeness (QED) is 0.584. The van der Waals surface area contributed by atoms with Crippen molar-refractivity contribution in [2.45, 2.75) is 17.0 Å². The van der Waals surface area contributed by atoms with Crippen LogP contribution < -0.4 is 10.0 Å². The van der Waals surface area contributed by atoms with Crippen LogP contribution in [0.5, 0.6) is 0 Å². The fourth-order valence-corrected chi connectivity index (χ4v) is 3.62. The third-order valence-corrected chi connectivity index (χ3v) is 4.71. The minimum atomic E-state index is -4.24. The van der Waals surface area contributed by atoms with Gasteiger partial charge in [-0.2, -0.15) is 4.39 Å². The lowest BCUT2D eigenvalue weighted by atomic mass is 10.2. The topological polar surface area (TPSA) is 111 Å². The fraction of sp³-hybridized carbons (Fsp3) is 0.455. The van der Waals surface area contributed by atoms with E-state index in [1.54, 1.807) is 0 Å². The number of sulfonamides is 1. The molecule has 0 spiro atoms. The number of ether oxygens (including phenoxy) is 1. The zero-order chi connectivity index (χ0) is 15.6. The first kappa shape index (κ1) is 15.8. The first-order valence-corrected chi connectivity index (χ1v) is 7.54. The molecule has 0 amide bonds. The molecule has 2 atom stereocenters. The van der Waals surface area contributed by atoms with Crippen molar-refractivity contribution in [3.63, 3.8) is 0 Å². The summed E-state index contributed by atoms with van der Waals surface area (Å²) >= 11 is 0. The van der Waals surface area contributed by atoms with Gasteiger partial charge in [-0.1, -0.05) is 6.07 Å². The van der Waals surface area contributed by atoms with Gasteiger partial charge in [-0.15, -0.1) is 0 Å². The Labute approximate surface area is 120 Å². The number of rotatable bonds is 5. The lowest BCUT2D eigenvalue weighted by Crippen LogP contribution is -2.43. The summed E-state index contributed by atoms with van der Waals surface area (Å²) in [7, 11) is -2.80. The minimum Gasteiger partial charge on any atom is -0.378 e. The summed E-state index contributed by atoms with van der Waals surface area (Å²) in [5, 5.41) is 13.8. The van der Waals surface area contributed by atoms with Crippen molar-refractivity contribution in [2.24, 2.45) is 0 Å². The van der Waals surface area contributed by atoms with Gasteiger partial charge in [-0.3, -0.25) is 10.1 Å². The van der Waals surface area contributed by atoms with Crippen LogP contribution in [0.2, 0.25) is 0 Å². The highest BCUT2D eigenvalue weighted by Crippen LogP contribution is 2.27. The van der Waals surface area contributed by atoms with Crippen LogP contribution in [-0.2, 0) is 14.8 Å². The summed E-state index contributed by atoms with van der Waals surface area (Å²) in [6.07, 6.45) is -0.396. The van der Waals surface area contributed by atoms with Gasteiger partial charge in [0.1, 0.15) is 0 Å². The van der Waals surface area contributed by atoms with E-state index in [1.807, 2.05) is 0 Å². The highest BCUT2D eigenvalue weighted by atomic mass is 32.2. The molecule has 2 N–H and O–H groups in total. The Morgan fingerprint density at radius 3 is 2.81 bits per heavy atom. The number of benzene rings is 1. The minimum absolute atomic E-state index is 0.320. The van der Waals surface area contributed by atoms with E-state index in [1.165, 1.54) is 7.11 Å². The molecule has 1 aliphatic rings. The Kier molecular flexibility index (Phi) is 4.52. The molecule has 1 unspecified atom stereocenters. The summed E-state index contributed by atoms with van der Waals surface area (Å²) in [5.41, 5.74) is -1.06. The Balaban J connectivity index is 2.36. The van der Waals surface area contributed by atoms with Gasteiger partial charge in [-0.25, -0.2) is 13.1 Å². The molecule has 0 saturated carbocycles. The Morgan fingerprint density at radius 1 is 1.48 bits per heavy atom. The number of halogens is 1. The van der Waals surface area contributed by atoms with Crippen molar-refractivity contribution in [3.8, 4) is 0 Å². The van der Waals surface area contributed by atoms with E-state index in [2.05, 4.69) is 10.0 Å².